The van der Waals surface area contributed by atoms with Crippen LogP contribution in [0.3, 0.4) is 0 Å². The summed E-state index contributed by atoms with van der Waals surface area (Å²) >= 11 is 11.7. The van der Waals surface area contributed by atoms with E-state index in [4.69, 9.17) is 27.9 Å². The van der Waals surface area contributed by atoms with E-state index in [1.807, 2.05) is 20.8 Å². The van der Waals surface area contributed by atoms with E-state index in [9.17, 15) is 9.59 Å². The first kappa shape index (κ1) is 21.8. The molecule has 150 valence electrons. The number of hydrogen-bond acceptors (Lipinski definition) is 4. The molecule has 8 heteroatoms. The van der Waals surface area contributed by atoms with E-state index in [0.717, 1.165) is 25.7 Å². The van der Waals surface area contributed by atoms with Gasteiger partial charge in [0.05, 0.1) is 0 Å². The SMILES string of the molecule is CC(C)(C)OC(=O)NC[C@H]1CC[C@H](CNC(=O)c2cc(Cl)nc(Cl)c2)CC1. The van der Waals surface area contributed by atoms with E-state index in [1.54, 1.807) is 0 Å². The number of carbonyl (C=O) groups is 2. The van der Waals surface area contributed by atoms with Crippen LogP contribution in [-0.4, -0.2) is 35.7 Å². The summed E-state index contributed by atoms with van der Waals surface area (Å²) in [6.45, 7) is 6.78. The fraction of sp³-hybridized carbons (Fsp3) is 0.632. The number of rotatable bonds is 5. The Morgan fingerprint density at radius 2 is 1.52 bits per heavy atom. The molecule has 2 amide bonds. The molecular formula is C19H27Cl2N3O3. The van der Waals surface area contributed by atoms with Crippen molar-refractivity contribution in [1.82, 2.24) is 15.6 Å². The molecule has 1 heterocycles. The van der Waals surface area contributed by atoms with Crippen molar-refractivity contribution in [1.29, 1.82) is 0 Å². The summed E-state index contributed by atoms with van der Waals surface area (Å²) in [4.78, 5) is 27.8. The summed E-state index contributed by atoms with van der Waals surface area (Å²) in [5.74, 6) is 0.678. The number of aromatic nitrogens is 1. The lowest BCUT2D eigenvalue weighted by molar-refractivity contribution is 0.0512. The van der Waals surface area contributed by atoms with Crippen LogP contribution in [0.15, 0.2) is 12.1 Å². The lowest BCUT2D eigenvalue weighted by Crippen LogP contribution is -2.37. The van der Waals surface area contributed by atoms with Gasteiger partial charge in [0, 0.05) is 18.7 Å². The fourth-order valence-electron chi connectivity index (χ4n) is 3.12. The van der Waals surface area contributed by atoms with Gasteiger partial charge in [0.1, 0.15) is 15.9 Å². The van der Waals surface area contributed by atoms with E-state index in [2.05, 4.69) is 15.6 Å². The molecule has 1 aromatic rings. The minimum atomic E-state index is -0.483. The molecule has 0 bridgehead atoms. The number of amides is 2. The molecular weight excluding hydrogens is 389 g/mol. The van der Waals surface area contributed by atoms with Crippen molar-refractivity contribution in [3.05, 3.63) is 28.0 Å². The van der Waals surface area contributed by atoms with Gasteiger partial charge in [-0.25, -0.2) is 9.78 Å². The summed E-state index contributed by atoms with van der Waals surface area (Å²) < 4.78 is 5.25. The number of pyridine rings is 1. The van der Waals surface area contributed by atoms with Crippen LogP contribution in [0.2, 0.25) is 10.3 Å². The fourth-order valence-corrected chi connectivity index (χ4v) is 3.58. The van der Waals surface area contributed by atoms with Crippen LogP contribution in [0.5, 0.6) is 0 Å². The Balaban J connectivity index is 1.68. The highest BCUT2D eigenvalue weighted by molar-refractivity contribution is 6.33. The average molecular weight is 416 g/mol. The van der Waals surface area contributed by atoms with Crippen LogP contribution in [0.4, 0.5) is 4.79 Å². The van der Waals surface area contributed by atoms with Crippen molar-refractivity contribution in [2.24, 2.45) is 11.8 Å². The van der Waals surface area contributed by atoms with Crippen molar-refractivity contribution in [3.63, 3.8) is 0 Å². The highest BCUT2D eigenvalue weighted by Gasteiger charge is 2.23. The third-order valence-corrected chi connectivity index (χ3v) is 4.86. The maximum atomic E-state index is 12.2. The van der Waals surface area contributed by atoms with E-state index >= 15 is 0 Å². The molecule has 0 aliphatic heterocycles. The molecule has 1 saturated carbocycles. The Morgan fingerprint density at radius 1 is 1.04 bits per heavy atom. The zero-order valence-corrected chi connectivity index (χ0v) is 17.5. The third-order valence-electron chi connectivity index (χ3n) is 4.48. The largest absolute Gasteiger partial charge is 0.444 e. The van der Waals surface area contributed by atoms with E-state index in [1.165, 1.54) is 12.1 Å². The molecule has 1 aliphatic rings. The van der Waals surface area contributed by atoms with Crippen molar-refractivity contribution < 1.29 is 14.3 Å². The zero-order chi connectivity index (χ0) is 20.0. The first-order valence-electron chi connectivity index (χ1n) is 9.20. The van der Waals surface area contributed by atoms with Crippen LogP contribution >= 0.6 is 23.2 Å². The second kappa shape index (κ2) is 9.60. The summed E-state index contributed by atoms with van der Waals surface area (Å²) in [7, 11) is 0. The van der Waals surface area contributed by atoms with E-state index in [-0.39, 0.29) is 22.3 Å². The van der Waals surface area contributed by atoms with E-state index in [0.29, 0.717) is 30.5 Å². The van der Waals surface area contributed by atoms with Gasteiger partial charge in [0.15, 0.2) is 0 Å². The average Bonchev–Trinajstić information content (AvgIpc) is 2.56. The summed E-state index contributed by atoms with van der Waals surface area (Å²) in [6, 6.07) is 3.00. The minimum Gasteiger partial charge on any atom is -0.444 e. The number of nitrogens with one attached hydrogen (secondary N) is 2. The van der Waals surface area contributed by atoms with Crippen LogP contribution in [0.1, 0.15) is 56.8 Å². The van der Waals surface area contributed by atoms with Gasteiger partial charge in [-0.3, -0.25) is 4.79 Å². The molecule has 6 nitrogen and oxygen atoms in total. The molecule has 1 aromatic heterocycles. The summed E-state index contributed by atoms with van der Waals surface area (Å²) in [6.07, 6.45) is 3.69. The Labute approximate surface area is 170 Å². The van der Waals surface area contributed by atoms with Crippen molar-refractivity contribution in [2.75, 3.05) is 13.1 Å². The van der Waals surface area contributed by atoms with Gasteiger partial charge in [-0.1, -0.05) is 23.2 Å². The first-order chi connectivity index (χ1) is 12.6. The number of carbonyl (C=O) groups excluding carboxylic acids is 2. The van der Waals surface area contributed by atoms with Crippen molar-refractivity contribution in [2.45, 2.75) is 52.1 Å². The third kappa shape index (κ3) is 7.93. The van der Waals surface area contributed by atoms with Gasteiger partial charge in [0.2, 0.25) is 0 Å². The lowest BCUT2D eigenvalue weighted by Gasteiger charge is -2.29. The number of alkyl carbamates (subject to hydrolysis) is 1. The molecule has 0 saturated heterocycles. The van der Waals surface area contributed by atoms with Crippen LogP contribution in [0.25, 0.3) is 0 Å². The van der Waals surface area contributed by atoms with Crippen LogP contribution in [-0.2, 0) is 4.74 Å². The van der Waals surface area contributed by atoms with Crippen molar-refractivity contribution >= 4 is 35.2 Å². The van der Waals surface area contributed by atoms with E-state index < -0.39 is 5.60 Å². The molecule has 0 unspecified atom stereocenters. The van der Waals surface area contributed by atoms with Crippen molar-refractivity contribution in [3.8, 4) is 0 Å². The highest BCUT2D eigenvalue weighted by atomic mass is 35.5. The van der Waals surface area contributed by atoms with Gasteiger partial charge >= 0.3 is 6.09 Å². The maximum Gasteiger partial charge on any atom is 0.407 e. The van der Waals surface area contributed by atoms with Crippen LogP contribution in [0, 0.1) is 11.8 Å². The van der Waals surface area contributed by atoms with Gasteiger partial charge in [-0.05, 0) is 70.4 Å². The molecule has 0 aromatic carbocycles. The zero-order valence-electron chi connectivity index (χ0n) is 16.0. The second-order valence-electron chi connectivity index (χ2n) is 7.98. The second-order valence-corrected chi connectivity index (χ2v) is 8.76. The number of nitrogens with zero attached hydrogens (tertiary/aromatic N) is 1. The Bertz CT molecular complexity index is 648. The molecule has 0 spiro atoms. The van der Waals surface area contributed by atoms with Gasteiger partial charge < -0.3 is 15.4 Å². The predicted octanol–water partition coefficient (Wildman–Crippen LogP) is 4.45. The van der Waals surface area contributed by atoms with Crippen LogP contribution < -0.4 is 10.6 Å². The molecule has 1 aliphatic carbocycles. The Kier molecular flexibility index (Phi) is 7.74. The highest BCUT2D eigenvalue weighted by Crippen LogP contribution is 2.28. The molecule has 2 N–H and O–H groups in total. The summed E-state index contributed by atoms with van der Waals surface area (Å²) in [5, 5.41) is 6.18. The number of ether oxygens (including phenoxy) is 1. The normalized spacial score (nSPS) is 20.0. The Hall–Kier alpha value is -1.53. The maximum absolute atomic E-state index is 12.2. The Morgan fingerprint density at radius 3 is 2.00 bits per heavy atom. The first-order valence-corrected chi connectivity index (χ1v) is 9.96. The number of hydrogen-bond donors (Lipinski definition) is 2. The smallest absolute Gasteiger partial charge is 0.407 e. The molecule has 0 atom stereocenters. The molecule has 0 radical (unpaired) electrons. The lowest BCUT2D eigenvalue weighted by atomic mass is 9.82. The standard InChI is InChI=1S/C19H27Cl2N3O3/c1-19(2,3)27-18(26)23-11-13-6-4-12(5-7-13)10-22-17(25)14-8-15(20)24-16(21)9-14/h8-9,12-13H,4-7,10-11H2,1-3H3,(H,22,25)(H,23,26)/t12-,13-. The molecule has 2 rings (SSSR count). The summed E-state index contributed by atoms with van der Waals surface area (Å²) in [5.41, 5.74) is -0.0706. The topological polar surface area (TPSA) is 80.3 Å². The predicted molar refractivity (Wildman–Crippen MR) is 106 cm³/mol. The molecule has 1 fully saturated rings. The quantitative estimate of drug-likeness (QED) is 0.695. The molecule has 27 heavy (non-hydrogen) atoms. The van der Waals surface area contributed by atoms with Gasteiger partial charge in [-0.2, -0.15) is 0 Å². The monoisotopic (exact) mass is 415 g/mol. The number of halogens is 2. The van der Waals surface area contributed by atoms with Gasteiger partial charge in [-0.15, -0.1) is 0 Å². The van der Waals surface area contributed by atoms with Gasteiger partial charge in [0.25, 0.3) is 5.91 Å². The minimum absolute atomic E-state index is 0.199.